The molecule has 18 heavy (non-hydrogen) atoms. The Balaban J connectivity index is 4.28. The number of amides is 2. The molecular formula is C11H19N3O4. The summed E-state index contributed by atoms with van der Waals surface area (Å²) in [5.41, 5.74) is 0. The molecule has 0 aromatic carbocycles. The van der Waals surface area contributed by atoms with E-state index in [1.54, 1.807) is 13.8 Å². The SMILES string of the molecule is CCN(CC(C)C#N)C(=O)NCC(OC)C(=O)O. The lowest BCUT2D eigenvalue weighted by molar-refractivity contribution is -0.148. The molecule has 0 aliphatic carbocycles. The monoisotopic (exact) mass is 257 g/mol. The van der Waals surface area contributed by atoms with Crippen LogP contribution in [-0.4, -0.2) is 54.9 Å². The lowest BCUT2D eigenvalue weighted by atomic mass is 10.2. The first-order chi connectivity index (χ1) is 8.46. The maximum atomic E-state index is 11.7. The second-order valence-electron chi connectivity index (χ2n) is 3.82. The van der Waals surface area contributed by atoms with Gasteiger partial charge in [-0.3, -0.25) is 0 Å². The fourth-order valence-electron chi connectivity index (χ4n) is 1.29. The molecule has 0 saturated heterocycles. The highest BCUT2D eigenvalue weighted by molar-refractivity contribution is 5.77. The highest BCUT2D eigenvalue weighted by Gasteiger charge is 2.20. The number of methoxy groups -OCH3 is 1. The van der Waals surface area contributed by atoms with Crippen molar-refractivity contribution in [2.75, 3.05) is 26.7 Å². The molecule has 2 amide bonds. The van der Waals surface area contributed by atoms with Crippen LogP contribution in [0.15, 0.2) is 0 Å². The van der Waals surface area contributed by atoms with Crippen LogP contribution in [0, 0.1) is 17.2 Å². The van der Waals surface area contributed by atoms with E-state index in [9.17, 15) is 9.59 Å². The minimum atomic E-state index is -1.13. The van der Waals surface area contributed by atoms with Crippen molar-refractivity contribution in [1.29, 1.82) is 5.26 Å². The number of ether oxygens (including phenoxy) is 1. The molecule has 0 rings (SSSR count). The first-order valence-electron chi connectivity index (χ1n) is 5.64. The molecule has 0 heterocycles. The van der Waals surface area contributed by atoms with Gasteiger partial charge in [0, 0.05) is 20.2 Å². The van der Waals surface area contributed by atoms with Crippen molar-refractivity contribution in [2.45, 2.75) is 20.0 Å². The number of nitriles is 1. The summed E-state index contributed by atoms with van der Waals surface area (Å²) in [6.45, 7) is 4.15. The summed E-state index contributed by atoms with van der Waals surface area (Å²) >= 11 is 0. The largest absolute Gasteiger partial charge is 0.479 e. The van der Waals surface area contributed by atoms with Crippen LogP contribution in [-0.2, 0) is 9.53 Å². The summed E-state index contributed by atoms with van der Waals surface area (Å²) in [5.74, 6) is -1.40. The highest BCUT2D eigenvalue weighted by atomic mass is 16.5. The third-order valence-corrected chi connectivity index (χ3v) is 2.38. The summed E-state index contributed by atoms with van der Waals surface area (Å²) in [4.78, 5) is 23.8. The molecule has 2 N–H and O–H groups in total. The van der Waals surface area contributed by atoms with Gasteiger partial charge in [0.2, 0.25) is 0 Å². The first kappa shape index (κ1) is 16.2. The van der Waals surface area contributed by atoms with Gasteiger partial charge in [0.1, 0.15) is 0 Å². The van der Waals surface area contributed by atoms with Crippen LogP contribution in [0.25, 0.3) is 0 Å². The molecular weight excluding hydrogens is 238 g/mol. The number of carboxylic acids is 1. The molecule has 2 atom stereocenters. The van der Waals surface area contributed by atoms with Crippen LogP contribution in [0.4, 0.5) is 4.79 Å². The zero-order valence-corrected chi connectivity index (χ0v) is 10.8. The molecule has 2 unspecified atom stereocenters. The summed E-state index contributed by atoms with van der Waals surface area (Å²) < 4.78 is 4.69. The van der Waals surface area contributed by atoms with Gasteiger partial charge in [-0.1, -0.05) is 0 Å². The smallest absolute Gasteiger partial charge is 0.334 e. The van der Waals surface area contributed by atoms with Gasteiger partial charge in [0.05, 0.1) is 18.5 Å². The van der Waals surface area contributed by atoms with Gasteiger partial charge in [-0.15, -0.1) is 0 Å². The van der Waals surface area contributed by atoms with Crippen molar-refractivity contribution in [3.8, 4) is 6.07 Å². The van der Waals surface area contributed by atoms with E-state index in [4.69, 9.17) is 15.1 Å². The third kappa shape index (κ3) is 5.50. The molecule has 0 saturated carbocycles. The lowest BCUT2D eigenvalue weighted by Gasteiger charge is -2.23. The normalized spacial score (nSPS) is 13.2. The summed E-state index contributed by atoms with van der Waals surface area (Å²) in [7, 11) is 1.26. The number of urea groups is 1. The van der Waals surface area contributed by atoms with Crippen LogP contribution >= 0.6 is 0 Å². The second kappa shape index (κ2) is 8.31. The topological polar surface area (TPSA) is 103 Å². The van der Waals surface area contributed by atoms with Gasteiger partial charge >= 0.3 is 12.0 Å². The molecule has 0 spiro atoms. The number of aliphatic carboxylic acids is 1. The predicted octanol–water partition coefficient (Wildman–Crippen LogP) is 0.277. The number of carbonyl (C=O) groups is 2. The van der Waals surface area contributed by atoms with E-state index in [-0.39, 0.29) is 12.5 Å². The highest BCUT2D eigenvalue weighted by Crippen LogP contribution is 1.99. The second-order valence-corrected chi connectivity index (χ2v) is 3.82. The van der Waals surface area contributed by atoms with Crippen molar-refractivity contribution in [2.24, 2.45) is 5.92 Å². The van der Waals surface area contributed by atoms with Gasteiger partial charge in [0.25, 0.3) is 0 Å². The van der Waals surface area contributed by atoms with E-state index < -0.39 is 18.1 Å². The number of rotatable bonds is 7. The fraction of sp³-hybridized carbons (Fsp3) is 0.727. The maximum absolute atomic E-state index is 11.7. The van der Waals surface area contributed by atoms with Crippen LogP contribution < -0.4 is 5.32 Å². The van der Waals surface area contributed by atoms with Gasteiger partial charge in [-0.2, -0.15) is 5.26 Å². The van der Waals surface area contributed by atoms with Crippen molar-refractivity contribution in [3.05, 3.63) is 0 Å². The Hall–Kier alpha value is -1.81. The predicted molar refractivity (Wildman–Crippen MR) is 63.9 cm³/mol. The quantitative estimate of drug-likeness (QED) is 0.681. The fourth-order valence-corrected chi connectivity index (χ4v) is 1.29. The average molecular weight is 257 g/mol. The van der Waals surface area contributed by atoms with Gasteiger partial charge in [0.15, 0.2) is 6.10 Å². The minimum Gasteiger partial charge on any atom is -0.479 e. The Kier molecular flexibility index (Phi) is 7.47. The van der Waals surface area contributed by atoms with Crippen molar-refractivity contribution in [3.63, 3.8) is 0 Å². The van der Waals surface area contributed by atoms with Crippen molar-refractivity contribution in [1.82, 2.24) is 10.2 Å². The molecule has 0 radical (unpaired) electrons. The summed E-state index contributed by atoms with van der Waals surface area (Å²) in [6.07, 6.45) is -1.07. The Morgan fingerprint density at radius 2 is 2.17 bits per heavy atom. The Bertz CT molecular complexity index is 327. The van der Waals surface area contributed by atoms with Crippen LogP contribution in [0.1, 0.15) is 13.8 Å². The Morgan fingerprint density at radius 3 is 2.56 bits per heavy atom. The number of hydrogen-bond donors (Lipinski definition) is 2. The number of carbonyl (C=O) groups excluding carboxylic acids is 1. The Morgan fingerprint density at radius 1 is 1.56 bits per heavy atom. The van der Waals surface area contributed by atoms with Crippen molar-refractivity contribution < 1.29 is 19.4 Å². The number of nitrogens with zero attached hydrogens (tertiary/aromatic N) is 2. The van der Waals surface area contributed by atoms with Gasteiger partial charge < -0.3 is 20.1 Å². The molecule has 0 aromatic heterocycles. The van der Waals surface area contributed by atoms with E-state index in [1.807, 2.05) is 6.07 Å². The lowest BCUT2D eigenvalue weighted by Crippen LogP contribution is -2.46. The zero-order chi connectivity index (χ0) is 14.1. The molecule has 102 valence electrons. The molecule has 7 heteroatoms. The number of nitrogens with one attached hydrogen (secondary N) is 1. The molecule has 0 aliphatic heterocycles. The van der Waals surface area contributed by atoms with Crippen LogP contribution in [0.2, 0.25) is 0 Å². The molecule has 7 nitrogen and oxygen atoms in total. The zero-order valence-electron chi connectivity index (χ0n) is 10.8. The molecule has 0 bridgehead atoms. The van der Waals surface area contributed by atoms with E-state index in [1.165, 1.54) is 12.0 Å². The molecule has 0 aromatic rings. The van der Waals surface area contributed by atoms with E-state index in [0.717, 1.165) is 0 Å². The summed E-state index contributed by atoms with van der Waals surface area (Å²) in [5, 5.41) is 19.9. The van der Waals surface area contributed by atoms with E-state index in [2.05, 4.69) is 5.32 Å². The van der Waals surface area contributed by atoms with E-state index in [0.29, 0.717) is 13.1 Å². The Labute approximate surface area is 106 Å². The average Bonchev–Trinajstić information content (AvgIpc) is 2.35. The number of carboxylic acid groups (broad SMARTS) is 1. The summed E-state index contributed by atoms with van der Waals surface area (Å²) in [6, 6.07) is 1.64. The van der Waals surface area contributed by atoms with Gasteiger partial charge in [-0.25, -0.2) is 9.59 Å². The van der Waals surface area contributed by atoms with Crippen LogP contribution in [0.5, 0.6) is 0 Å². The molecule has 0 fully saturated rings. The first-order valence-corrected chi connectivity index (χ1v) is 5.64. The third-order valence-electron chi connectivity index (χ3n) is 2.38. The standard InChI is InChI=1S/C11H19N3O4/c1-4-14(7-8(2)5-12)11(17)13-6-9(18-3)10(15)16/h8-9H,4,6-7H2,1-3H3,(H,13,17)(H,15,16). The van der Waals surface area contributed by atoms with Crippen molar-refractivity contribution >= 4 is 12.0 Å². The van der Waals surface area contributed by atoms with E-state index >= 15 is 0 Å². The maximum Gasteiger partial charge on any atom is 0.334 e. The molecule has 0 aliphatic rings. The van der Waals surface area contributed by atoms with Gasteiger partial charge in [-0.05, 0) is 13.8 Å². The number of hydrogen-bond acceptors (Lipinski definition) is 4. The minimum absolute atomic E-state index is 0.109. The van der Waals surface area contributed by atoms with Crippen LogP contribution in [0.3, 0.4) is 0 Å².